The zero-order valence-electron chi connectivity index (χ0n) is 14.2. The molecule has 1 fully saturated rings. The van der Waals surface area contributed by atoms with Crippen LogP contribution in [-0.2, 0) is 4.79 Å². The Balaban J connectivity index is 1.39. The Morgan fingerprint density at radius 1 is 1.23 bits per heavy atom. The van der Waals surface area contributed by atoms with Crippen molar-refractivity contribution in [2.45, 2.75) is 18.8 Å². The highest BCUT2D eigenvalue weighted by Crippen LogP contribution is 2.33. The van der Waals surface area contributed by atoms with Crippen LogP contribution in [0.1, 0.15) is 23.8 Å². The molecule has 4 rings (SSSR count). The third kappa shape index (κ3) is 3.91. The summed E-state index contributed by atoms with van der Waals surface area (Å²) in [6, 6.07) is 15.7. The number of hydrogen-bond acceptors (Lipinski definition) is 4. The smallest absolute Gasteiger partial charge is 0.260 e. The van der Waals surface area contributed by atoms with E-state index in [-0.39, 0.29) is 12.5 Å². The number of fused-ring (bicyclic) bond motifs is 1. The summed E-state index contributed by atoms with van der Waals surface area (Å²) in [7, 11) is 0. The third-order valence-electron chi connectivity index (χ3n) is 4.61. The van der Waals surface area contributed by atoms with E-state index >= 15 is 0 Å². The summed E-state index contributed by atoms with van der Waals surface area (Å²) in [5.74, 6) is 1.07. The molecule has 134 valence electrons. The molecule has 1 amide bonds. The van der Waals surface area contributed by atoms with E-state index in [1.54, 1.807) is 11.3 Å². The standard InChI is InChI=1S/C20H19BrN2O2S/c21-15-7-9-16(10-8-15)25-13-19(24)23-11-3-4-14(12-23)20-22-17-5-1-2-6-18(17)26-20/h1-2,5-10,14H,3-4,11-13H2/t14-/m0/s1. The molecule has 6 heteroatoms. The first kappa shape index (κ1) is 17.5. The van der Waals surface area contributed by atoms with Gasteiger partial charge in [-0.3, -0.25) is 4.79 Å². The summed E-state index contributed by atoms with van der Waals surface area (Å²) < 4.78 is 7.84. The van der Waals surface area contributed by atoms with Crippen LogP contribution in [0.5, 0.6) is 5.75 Å². The van der Waals surface area contributed by atoms with Crippen LogP contribution < -0.4 is 4.74 Å². The number of ether oxygens (including phenoxy) is 1. The first-order chi connectivity index (χ1) is 12.7. The lowest BCUT2D eigenvalue weighted by molar-refractivity contribution is -0.134. The van der Waals surface area contributed by atoms with Gasteiger partial charge in [-0.25, -0.2) is 4.98 Å². The lowest BCUT2D eigenvalue weighted by Gasteiger charge is -2.31. The topological polar surface area (TPSA) is 42.4 Å². The average Bonchev–Trinajstić information content (AvgIpc) is 3.12. The number of rotatable bonds is 4. The first-order valence-electron chi connectivity index (χ1n) is 8.70. The van der Waals surface area contributed by atoms with Crippen molar-refractivity contribution in [2.24, 2.45) is 0 Å². The van der Waals surface area contributed by atoms with E-state index in [2.05, 4.69) is 22.0 Å². The Morgan fingerprint density at radius 3 is 2.85 bits per heavy atom. The van der Waals surface area contributed by atoms with Gasteiger partial charge in [0.25, 0.3) is 5.91 Å². The van der Waals surface area contributed by atoms with E-state index in [1.165, 1.54) is 4.70 Å². The zero-order valence-corrected chi connectivity index (χ0v) is 16.6. The summed E-state index contributed by atoms with van der Waals surface area (Å²) >= 11 is 5.14. The number of carbonyl (C=O) groups is 1. The van der Waals surface area contributed by atoms with Crippen molar-refractivity contribution < 1.29 is 9.53 Å². The van der Waals surface area contributed by atoms with E-state index in [1.807, 2.05) is 47.4 Å². The lowest BCUT2D eigenvalue weighted by atomic mass is 9.99. The van der Waals surface area contributed by atoms with Gasteiger partial charge < -0.3 is 9.64 Å². The first-order valence-corrected chi connectivity index (χ1v) is 10.3. The fraction of sp³-hybridized carbons (Fsp3) is 0.300. The second-order valence-corrected chi connectivity index (χ2v) is 8.42. The molecular weight excluding hydrogens is 412 g/mol. The maximum atomic E-state index is 12.6. The van der Waals surface area contributed by atoms with E-state index < -0.39 is 0 Å². The van der Waals surface area contributed by atoms with Gasteiger partial charge in [-0.1, -0.05) is 28.1 Å². The number of hydrogen-bond donors (Lipinski definition) is 0. The van der Waals surface area contributed by atoms with Crippen molar-refractivity contribution in [1.29, 1.82) is 0 Å². The Kier molecular flexibility index (Phi) is 5.22. The molecule has 1 saturated heterocycles. The number of nitrogens with zero attached hydrogens (tertiary/aromatic N) is 2. The average molecular weight is 431 g/mol. The van der Waals surface area contributed by atoms with E-state index in [0.29, 0.717) is 11.7 Å². The van der Waals surface area contributed by atoms with Crippen LogP contribution in [0.3, 0.4) is 0 Å². The summed E-state index contributed by atoms with van der Waals surface area (Å²) in [4.78, 5) is 19.3. The van der Waals surface area contributed by atoms with Crippen LogP contribution in [0.2, 0.25) is 0 Å². The minimum atomic E-state index is 0.0405. The molecule has 1 aliphatic heterocycles. The van der Waals surface area contributed by atoms with Crippen molar-refractivity contribution in [3.63, 3.8) is 0 Å². The van der Waals surface area contributed by atoms with Crippen molar-refractivity contribution in [3.8, 4) is 5.75 Å². The van der Waals surface area contributed by atoms with Crippen LogP contribution in [-0.4, -0.2) is 35.5 Å². The molecule has 4 nitrogen and oxygen atoms in total. The highest BCUT2D eigenvalue weighted by Gasteiger charge is 2.27. The normalized spacial score (nSPS) is 17.4. The number of aromatic nitrogens is 1. The molecule has 2 aromatic carbocycles. The highest BCUT2D eigenvalue weighted by molar-refractivity contribution is 9.10. The molecule has 0 unspecified atom stereocenters. The zero-order chi connectivity index (χ0) is 17.9. The Morgan fingerprint density at radius 2 is 2.04 bits per heavy atom. The molecule has 0 saturated carbocycles. The largest absolute Gasteiger partial charge is 0.484 e. The van der Waals surface area contributed by atoms with Crippen LogP contribution >= 0.6 is 27.3 Å². The van der Waals surface area contributed by atoms with Gasteiger partial charge in [0, 0.05) is 23.5 Å². The Hall–Kier alpha value is -1.92. The lowest BCUT2D eigenvalue weighted by Crippen LogP contribution is -2.41. The van der Waals surface area contributed by atoms with Gasteiger partial charge in [0.15, 0.2) is 6.61 Å². The number of para-hydroxylation sites is 1. The van der Waals surface area contributed by atoms with Gasteiger partial charge in [0.05, 0.1) is 15.2 Å². The predicted molar refractivity (Wildman–Crippen MR) is 108 cm³/mol. The van der Waals surface area contributed by atoms with E-state index in [0.717, 1.165) is 40.9 Å². The maximum Gasteiger partial charge on any atom is 0.260 e. The summed E-state index contributed by atoms with van der Waals surface area (Å²) in [5.41, 5.74) is 1.05. The fourth-order valence-electron chi connectivity index (χ4n) is 3.24. The van der Waals surface area contributed by atoms with Crippen LogP contribution in [0.25, 0.3) is 10.2 Å². The molecule has 0 radical (unpaired) electrons. The van der Waals surface area contributed by atoms with Crippen molar-refractivity contribution in [1.82, 2.24) is 9.88 Å². The van der Waals surface area contributed by atoms with Crippen LogP contribution in [0.4, 0.5) is 0 Å². The molecule has 0 aliphatic carbocycles. The molecule has 0 N–H and O–H groups in total. The molecule has 3 aromatic rings. The van der Waals surface area contributed by atoms with Gasteiger partial charge >= 0.3 is 0 Å². The summed E-state index contributed by atoms with van der Waals surface area (Å²) in [6.45, 7) is 1.60. The number of halogens is 1. The molecule has 26 heavy (non-hydrogen) atoms. The van der Waals surface area contributed by atoms with Crippen molar-refractivity contribution >= 4 is 43.4 Å². The van der Waals surface area contributed by atoms with Crippen molar-refractivity contribution in [3.05, 3.63) is 58.0 Å². The Labute approximate surface area is 164 Å². The SMILES string of the molecule is O=C(COc1ccc(Br)cc1)N1CCC[C@H](c2nc3ccccc3s2)C1. The predicted octanol–water partition coefficient (Wildman–Crippen LogP) is 4.84. The van der Waals surface area contributed by atoms with Crippen LogP contribution in [0, 0.1) is 0 Å². The quantitative estimate of drug-likeness (QED) is 0.594. The molecule has 1 aliphatic rings. The van der Waals surface area contributed by atoms with Gasteiger partial charge in [0.2, 0.25) is 0 Å². The van der Waals surface area contributed by atoms with E-state index in [4.69, 9.17) is 9.72 Å². The minimum absolute atomic E-state index is 0.0405. The Bertz CT molecular complexity index is 877. The van der Waals surface area contributed by atoms with Gasteiger partial charge in [-0.05, 0) is 49.2 Å². The number of likely N-dealkylation sites (tertiary alicyclic amines) is 1. The third-order valence-corrected chi connectivity index (χ3v) is 6.34. The molecular formula is C20H19BrN2O2S. The van der Waals surface area contributed by atoms with Crippen LogP contribution in [0.15, 0.2) is 53.0 Å². The van der Waals surface area contributed by atoms with Gasteiger partial charge in [-0.2, -0.15) is 0 Å². The number of thiazole rings is 1. The number of amides is 1. The molecule has 0 spiro atoms. The second-order valence-electron chi connectivity index (χ2n) is 6.44. The summed E-state index contributed by atoms with van der Waals surface area (Å²) in [5, 5.41) is 1.14. The van der Waals surface area contributed by atoms with Gasteiger partial charge in [-0.15, -0.1) is 11.3 Å². The number of carbonyl (C=O) groups excluding carboxylic acids is 1. The number of benzene rings is 2. The minimum Gasteiger partial charge on any atom is -0.484 e. The molecule has 1 atom stereocenters. The van der Waals surface area contributed by atoms with E-state index in [9.17, 15) is 4.79 Å². The van der Waals surface area contributed by atoms with Gasteiger partial charge in [0.1, 0.15) is 5.75 Å². The molecule has 1 aromatic heterocycles. The highest BCUT2D eigenvalue weighted by atomic mass is 79.9. The molecule has 0 bridgehead atoms. The molecule has 2 heterocycles. The maximum absolute atomic E-state index is 12.6. The summed E-state index contributed by atoms with van der Waals surface area (Å²) in [6.07, 6.45) is 2.09. The fourth-order valence-corrected chi connectivity index (χ4v) is 4.59. The monoisotopic (exact) mass is 430 g/mol. The second kappa shape index (κ2) is 7.76. The van der Waals surface area contributed by atoms with Crippen molar-refractivity contribution in [2.75, 3.05) is 19.7 Å². The number of piperidine rings is 1.